The van der Waals surface area contributed by atoms with Gasteiger partial charge in [0.25, 0.3) is 0 Å². The zero-order chi connectivity index (χ0) is 12.9. The van der Waals surface area contributed by atoms with Gasteiger partial charge in [-0.25, -0.2) is 0 Å². The lowest BCUT2D eigenvalue weighted by atomic mass is 9.97. The molecule has 3 rings (SSSR count). The summed E-state index contributed by atoms with van der Waals surface area (Å²) in [6.07, 6.45) is 3.85. The van der Waals surface area contributed by atoms with Gasteiger partial charge in [-0.3, -0.25) is 0 Å². The number of benzene rings is 1. The molecule has 0 aromatic heterocycles. The Morgan fingerprint density at radius 3 is 3.16 bits per heavy atom. The summed E-state index contributed by atoms with van der Waals surface area (Å²) in [5.74, 6) is 2.26. The number of piperidine rings is 1. The molecule has 2 atom stereocenters. The molecule has 1 aromatic rings. The van der Waals surface area contributed by atoms with E-state index in [0.717, 1.165) is 31.5 Å². The van der Waals surface area contributed by atoms with Crippen molar-refractivity contribution in [1.82, 2.24) is 5.32 Å². The number of hydrogen-bond donors (Lipinski definition) is 1. The molecule has 1 saturated heterocycles. The summed E-state index contributed by atoms with van der Waals surface area (Å²) >= 11 is 0. The maximum atomic E-state index is 5.87. The van der Waals surface area contributed by atoms with Crippen molar-refractivity contribution < 1.29 is 9.47 Å². The van der Waals surface area contributed by atoms with E-state index in [9.17, 15) is 0 Å². The first-order valence-corrected chi connectivity index (χ1v) is 7.43. The van der Waals surface area contributed by atoms with E-state index in [2.05, 4.69) is 17.4 Å². The first kappa shape index (κ1) is 12.9. The molecule has 104 valence electrons. The zero-order valence-electron chi connectivity index (χ0n) is 11.4. The van der Waals surface area contributed by atoms with E-state index in [-0.39, 0.29) is 0 Å². The quantitative estimate of drug-likeness (QED) is 0.826. The van der Waals surface area contributed by atoms with Crippen molar-refractivity contribution in [3.8, 4) is 5.75 Å². The number of hydrogen-bond acceptors (Lipinski definition) is 3. The summed E-state index contributed by atoms with van der Waals surface area (Å²) in [7, 11) is 0. The smallest absolute Gasteiger partial charge is 0.123 e. The van der Waals surface area contributed by atoms with Gasteiger partial charge in [-0.2, -0.15) is 0 Å². The third kappa shape index (κ3) is 3.28. The van der Waals surface area contributed by atoms with Crippen LogP contribution in [-0.4, -0.2) is 32.9 Å². The van der Waals surface area contributed by atoms with E-state index in [1.807, 2.05) is 12.1 Å². The number of fused-ring (bicyclic) bond motifs is 1. The van der Waals surface area contributed by atoms with Crippen molar-refractivity contribution in [1.29, 1.82) is 0 Å². The third-order valence-corrected chi connectivity index (χ3v) is 4.19. The van der Waals surface area contributed by atoms with E-state index in [1.165, 1.54) is 37.9 Å². The van der Waals surface area contributed by atoms with E-state index in [1.54, 1.807) is 0 Å². The van der Waals surface area contributed by atoms with Crippen molar-refractivity contribution in [3.05, 3.63) is 29.8 Å². The molecule has 0 spiro atoms. The average molecular weight is 261 g/mol. The van der Waals surface area contributed by atoms with Crippen LogP contribution in [0.3, 0.4) is 0 Å². The molecule has 1 N–H and O–H groups in total. The standard InChI is InChI=1S/C16H23NO2/c1-2-6-16-15(5-1)14(12-19-16)11-18-9-7-13-4-3-8-17-10-13/h1-2,5-6,13-14,17H,3-4,7-12H2. The second kappa shape index (κ2) is 6.40. The number of nitrogens with one attached hydrogen (secondary N) is 1. The molecule has 2 aliphatic rings. The van der Waals surface area contributed by atoms with E-state index in [0.29, 0.717) is 5.92 Å². The summed E-state index contributed by atoms with van der Waals surface area (Å²) in [6.45, 7) is 4.79. The molecule has 1 aromatic carbocycles. The molecule has 3 nitrogen and oxygen atoms in total. The van der Waals surface area contributed by atoms with Crippen LogP contribution in [0, 0.1) is 5.92 Å². The molecule has 2 unspecified atom stereocenters. The monoisotopic (exact) mass is 261 g/mol. The Bertz CT molecular complexity index is 401. The molecule has 0 bridgehead atoms. The zero-order valence-corrected chi connectivity index (χ0v) is 11.4. The SMILES string of the molecule is c1ccc2c(c1)OCC2COCCC1CCCNC1. The summed E-state index contributed by atoms with van der Waals surface area (Å²) in [4.78, 5) is 0. The molecule has 2 aliphatic heterocycles. The van der Waals surface area contributed by atoms with Gasteiger partial charge >= 0.3 is 0 Å². The van der Waals surface area contributed by atoms with Crippen LogP contribution in [0.1, 0.15) is 30.7 Å². The van der Waals surface area contributed by atoms with Gasteiger partial charge in [0.15, 0.2) is 0 Å². The third-order valence-electron chi connectivity index (χ3n) is 4.19. The van der Waals surface area contributed by atoms with Crippen LogP contribution in [0.4, 0.5) is 0 Å². The number of rotatable bonds is 5. The van der Waals surface area contributed by atoms with Crippen molar-refractivity contribution in [2.24, 2.45) is 5.92 Å². The fourth-order valence-electron chi connectivity index (χ4n) is 3.01. The maximum Gasteiger partial charge on any atom is 0.123 e. The minimum atomic E-state index is 0.417. The highest BCUT2D eigenvalue weighted by Crippen LogP contribution is 2.33. The lowest BCUT2D eigenvalue weighted by molar-refractivity contribution is 0.0977. The fraction of sp³-hybridized carbons (Fsp3) is 0.625. The molecule has 0 amide bonds. The van der Waals surface area contributed by atoms with E-state index >= 15 is 0 Å². The van der Waals surface area contributed by atoms with Gasteiger partial charge in [0, 0.05) is 18.1 Å². The molecular weight excluding hydrogens is 238 g/mol. The minimum absolute atomic E-state index is 0.417. The van der Waals surface area contributed by atoms with Crippen LogP contribution in [0.15, 0.2) is 24.3 Å². The molecule has 3 heteroatoms. The van der Waals surface area contributed by atoms with E-state index in [4.69, 9.17) is 9.47 Å². The van der Waals surface area contributed by atoms with Crippen LogP contribution in [0.5, 0.6) is 5.75 Å². The Morgan fingerprint density at radius 2 is 2.26 bits per heavy atom. The lowest BCUT2D eigenvalue weighted by Gasteiger charge is -2.22. The van der Waals surface area contributed by atoms with Crippen molar-refractivity contribution in [2.75, 3.05) is 32.9 Å². The highest BCUT2D eigenvalue weighted by atomic mass is 16.5. The van der Waals surface area contributed by atoms with Crippen LogP contribution >= 0.6 is 0 Å². The molecular formula is C16H23NO2. The van der Waals surface area contributed by atoms with Gasteiger partial charge in [-0.15, -0.1) is 0 Å². The van der Waals surface area contributed by atoms with Crippen LogP contribution in [0.25, 0.3) is 0 Å². The first-order valence-electron chi connectivity index (χ1n) is 7.43. The van der Waals surface area contributed by atoms with E-state index < -0.39 is 0 Å². The van der Waals surface area contributed by atoms with Crippen LogP contribution < -0.4 is 10.1 Å². The van der Waals surface area contributed by atoms with Crippen molar-refractivity contribution in [2.45, 2.75) is 25.2 Å². The number of para-hydroxylation sites is 1. The van der Waals surface area contributed by atoms with Gasteiger partial charge in [-0.1, -0.05) is 18.2 Å². The molecule has 2 heterocycles. The Kier molecular flexibility index (Phi) is 4.36. The highest BCUT2D eigenvalue weighted by molar-refractivity contribution is 5.39. The predicted molar refractivity (Wildman–Crippen MR) is 75.7 cm³/mol. The molecule has 19 heavy (non-hydrogen) atoms. The summed E-state index contributed by atoms with van der Waals surface area (Å²) in [5.41, 5.74) is 1.31. The summed E-state index contributed by atoms with van der Waals surface area (Å²) < 4.78 is 11.5. The predicted octanol–water partition coefficient (Wildman–Crippen LogP) is 2.57. The van der Waals surface area contributed by atoms with Gasteiger partial charge in [-0.05, 0) is 44.3 Å². The molecule has 0 saturated carbocycles. The second-order valence-corrected chi connectivity index (χ2v) is 5.62. The fourth-order valence-corrected chi connectivity index (χ4v) is 3.01. The van der Waals surface area contributed by atoms with Gasteiger partial charge in [0.1, 0.15) is 5.75 Å². The normalized spacial score (nSPS) is 25.9. The Labute approximate surface area is 115 Å². The van der Waals surface area contributed by atoms with Crippen LogP contribution in [-0.2, 0) is 4.74 Å². The van der Waals surface area contributed by atoms with Gasteiger partial charge in [0.05, 0.1) is 13.2 Å². The van der Waals surface area contributed by atoms with Crippen molar-refractivity contribution in [3.63, 3.8) is 0 Å². The second-order valence-electron chi connectivity index (χ2n) is 5.62. The molecule has 1 fully saturated rings. The average Bonchev–Trinajstić information content (AvgIpc) is 2.88. The minimum Gasteiger partial charge on any atom is -0.493 e. The van der Waals surface area contributed by atoms with Gasteiger partial charge < -0.3 is 14.8 Å². The topological polar surface area (TPSA) is 30.5 Å². The van der Waals surface area contributed by atoms with Crippen molar-refractivity contribution >= 4 is 0 Å². The summed E-state index contributed by atoms with van der Waals surface area (Å²) in [6, 6.07) is 8.30. The highest BCUT2D eigenvalue weighted by Gasteiger charge is 2.23. The maximum absolute atomic E-state index is 5.87. The first-order chi connectivity index (χ1) is 9.43. The van der Waals surface area contributed by atoms with Crippen LogP contribution in [0.2, 0.25) is 0 Å². The molecule has 0 radical (unpaired) electrons. The Morgan fingerprint density at radius 1 is 1.32 bits per heavy atom. The summed E-state index contributed by atoms with van der Waals surface area (Å²) in [5, 5.41) is 3.45. The number of ether oxygens (including phenoxy) is 2. The Hall–Kier alpha value is -1.06. The van der Waals surface area contributed by atoms with Gasteiger partial charge in [0.2, 0.25) is 0 Å². The Balaban J connectivity index is 1.39. The lowest BCUT2D eigenvalue weighted by Crippen LogP contribution is -2.30. The largest absolute Gasteiger partial charge is 0.493 e. The molecule has 0 aliphatic carbocycles.